The summed E-state index contributed by atoms with van der Waals surface area (Å²) in [6, 6.07) is 0.491. The molecule has 0 saturated carbocycles. The average Bonchev–Trinajstić information content (AvgIpc) is 2.03. The van der Waals surface area contributed by atoms with Crippen LogP contribution < -0.4 is 10.6 Å². The molecule has 1 unspecified atom stereocenters. The SMILES string of the molecule is CC(C)CCC1CNC(=O)CN1. The van der Waals surface area contributed by atoms with Crippen LogP contribution in [0.3, 0.4) is 0 Å². The van der Waals surface area contributed by atoms with Crippen LogP contribution in [0.15, 0.2) is 0 Å². The second kappa shape index (κ2) is 4.45. The van der Waals surface area contributed by atoms with Crippen molar-refractivity contribution in [1.82, 2.24) is 10.6 Å². The van der Waals surface area contributed by atoms with Gasteiger partial charge >= 0.3 is 0 Å². The first-order valence-electron chi connectivity index (χ1n) is 4.68. The minimum Gasteiger partial charge on any atom is -0.353 e. The Bertz CT molecular complexity index is 147. The van der Waals surface area contributed by atoms with Crippen molar-refractivity contribution in [2.24, 2.45) is 5.92 Å². The van der Waals surface area contributed by atoms with Gasteiger partial charge in [0.2, 0.25) is 5.91 Å². The van der Waals surface area contributed by atoms with E-state index in [0.717, 1.165) is 18.9 Å². The van der Waals surface area contributed by atoms with E-state index in [1.54, 1.807) is 0 Å². The van der Waals surface area contributed by atoms with Crippen LogP contribution in [-0.4, -0.2) is 25.0 Å². The minimum absolute atomic E-state index is 0.121. The minimum atomic E-state index is 0.121. The third-order valence-corrected chi connectivity index (χ3v) is 2.19. The number of hydrogen-bond donors (Lipinski definition) is 2. The Hall–Kier alpha value is -0.570. The average molecular weight is 170 g/mol. The van der Waals surface area contributed by atoms with E-state index in [1.807, 2.05) is 0 Å². The first-order valence-corrected chi connectivity index (χ1v) is 4.68. The second-order valence-electron chi connectivity index (χ2n) is 3.85. The van der Waals surface area contributed by atoms with E-state index in [4.69, 9.17) is 0 Å². The Labute approximate surface area is 73.9 Å². The van der Waals surface area contributed by atoms with Gasteiger partial charge in [-0.15, -0.1) is 0 Å². The zero-order valence-electron chi connectivity index (χ0n) is 7.89. The standard InChI is InChI=1S/C9H18N2O/c1-7(2)3-4-8-5-11-9(12)6-10-8/h7-8,10H,3-6H2,1-2H3,(H,11,12). The smallest absolute Gasteiger partial charge is 0.234 e. The largest absolute Gasteiger partial charge is 0.353 e. The summed E-state index contributed by atoms with van der Waals surface area (Å²) in [5, 5.41) is 6.07. The Morgan fingerprint density at radius 1 is 1.58 bits per heavy atom. The molecule has 3 nitrogen and oxygen atoms in total. The summed E-state index contributed by atoms with van der Waals surface area (Å²) in [6.07, 6.45) is 2.39. The molecule has 1 atom stereocenters. The molecule has 0 bridgehead atoms. The normalized spacial score (nSPS) is 24.2. The fraction of sp³-hybridized carbons (Fsp3) is 0.889. The number of nitrogens with one attached hydrogen (secondary N) is 2. The van der Waals surface area contributed by atoms with Gasteiger partial charge in [-0.25, -0.2) is 0 Å². The third-order valence-electron chi connectivity index (χ3n) is 2.19. The maximum atomic E-state index is 10.8. The molecule has 0 aromatic carbocycles. The highest BCUT2D eigenvalue weighted by atomic mass is 16.2. The zero-order valence-corrected chi connectivity index (χ0v) is 7.89. The quantitative estimate of drug-likeness (QED) is 0.648. The second-order valence-corrected chi connectivity index (χ2v) is 3.85. The van der Waals surface area contributed by atoms with Gasteiger partial charge < -0.3 is 10.6 Å². The molecule has 1 amide bonds. The van der Waals surface area contributed by atoms with Gasteiger partial charge in [-0.1, -0.05) is 13.8 Å². The number of carbonyl (C=O) groups is 1. The highest BCUT2D eigenvalue weighted by Gasteiger charge is 2.16. The predicted octanol–water partition coefficient (Wildman–Crippen LogP) is 0.511. The van der Waals surface area contributed by atoms with Crippen LogP contribution in [0.25, 0.3) is 0 Å². The van der Waals surface area contributed by atoms with Crippen LogP contribution >= 0.6 is 0 Å². The highest BCUT2D eigenvalue weighted by molar-refractivity contribution is 5.78. The van der Waals surface area contributed by atoms with Gasteiger partial charge in [0.05, 0.1) is 6.54 Å². The summed E-state index contributed by atoms with van der Waals surface area (Å²) < 4.78 is 0. The molecule has 0 spiro atoms. The number of rotatable bonds is 3. The van der Waals surface area contributed by atoms with Gasteiger partial charge in [-0.3, -0.25) is 4.79 Å². The molecule has 1 fully saturated rings. The van der Waals surface area contributed by atoms with Gasteiger partial charge in [-0.2, -0.15) is 0 Å². The van der Waals surface area contributed by atoms with E-state index in [1.165, 1.54) is 6.42 Å². The Kier molecular flexibility index (Phi) is 3.53. The van der Waals surface area contributed by atoms with Crippen molar-refractivity contribution in [3.8, 4) is 0 Å². The summed E-state index contributed by atoms with van der Waals surface area (Å²) in [4.78, 5) is 10.8. The molecule has 2 N–H and O–H groups in total. The highest BCUT2D eigenvalue weighted by Crippen LogP contribution is 2.07. The van der Waals surface area contributed by atoms with E-state index in [9.17, 15) is 4.79 Å². The predicted molar refractivity (Wildman–Crippen MR) is 48.9 cm³/mol. The van der Waals surface area contributed by atoms with Gasteiger partial charge in [0.25, 0.3) is 0 Å². The van der Waals surface area contributed by atoms with Crippen LogP contribution in [0.4, 0.5) is 0 Å². The molecule has 0 aliphatic carbocycles. The Morgan fingerprint density at radius 3 is 2.83 bits per heavy atom. The Balaban J connectivity index is 2.13. The first-order chi connectivity index (χ1) is 5.68. The maximum Gasteiger partial charge on any atom is 0.234 e. The van der Waals surface area contributed by atoms with Crippen molar-refractivity contribution in [2.75, 3.05) is 13.1 Å². The summed E-state index contributed by atoms with van der Waals surface area (Å²) in [5.74, 6) is 0.875. The van der Waals surface area contributed by atoms with Crippen molar-refractivity contribution in [2.45, 2.75) is 32.7 Å². The molecule has 1 aliphatic heterocycles. The number of hydrogen-bond acceptors (Lipinski definition) is 2. The van der Waals surface area contributed by atoms with Crippen molar-refractivity contribution in [3.63, 3.8) is 0 Å². The monoisotopic (exact) mass is 170 g/mol. The van der Waals surface area contributed by atoms with Crippen molar-refractivity contribution < 1.29 is 4.79 Å². The first kappa shape index (κ1) is 9.52. The van der Waals surface area contributed by atoms with Crippen LogP contribution in [0, 0.1) is 5.92 Å². The fourth-order valence-electron chi connectivity index (χ4n) is 1.35. The zero-order chi connectivity index (χ0) is 8.97. The lowest BCUT2D eigenvalue weighted by atomic mass is 10.0. The lowest BCUT2D eigenvalue weighted by Crippen LogP contribution is -2.51. The van der Waals surface area contributed by atoms with E-state index >= 15 is 0 Å². The van der Waals surface area contributed by atoms with Gasteiger partial charge in [0.15, 0.2) is 0 Å². The van der Waals surface area contributed by atoms with E-state index < -0.39 is 0 Å². The lowest BCUT2D eigenvalue weighted by molar-refractivity contribution is -0.121. The molecule has 1 heterocycles. The number of piperazine rings is 1. The van der Waals surface area contributed by atoms with E-state index in [-0.39, 0.29) is 5.91 Å². The summed E-state index contributed by atoms with van der Waals surface area (Å²) in [6.45, 7) is 5.73. The third kappa shape index (κ3) is 3.22. The Morgan fingerprint density at radius 2 is 2.33 bits per heavy atom. The number of carbonyl (C=O) groups excluding carboxylic acids is 1. The summed E-state index contributed by atoms with van der Waals surface area (Å²) in [7, 11) is 0. The maximum absolute atomic E-state index is 10.8. The van der Waals surface area contributed by atoms with E-state index in [2.05, 4.69) is 24.5 Å². The van der Waals surface area contributed by atoms with Crippen molar-refractivity contribution in [1.29, 1.82) is 0 Å². The molecular weight excluding hydrogens is 152 g/mol. The molecule has 0 radical (unpaired) electrons. The summed E-state index contributed by atoms with van der Waals surface area (Å²) in [5.41, 5.74) is 0. The molecule has 70 valence electrons. The van der Waals surface area contributed by atoms with Crippen LogP contribution in [-0.2, 0) is 4.79 Å². The molecule has 0 aromatic heterocycles. The fourth-order valence-corrected chi connectivity index (χ4v) is 1.35. The number of amides is 1. The van der Waals surface area contributed by atoms with Gasteiger partial charge in [0, 0.05) is 12.6 Å². The van der Waals surface area contributed by atoms with Gasteiger partial charge in [-0.05, 0) is 18.8 Å². The van der Waals surface area contributed by atoms with Gasteiger partial charge in [0.1, 0.15) is 0 Å². The van der Waals surface area contributed by atoms with E-state index in [0.29, 0.717) is 12.6 Å². The van der Waals surface area contributed by atoms with Crippen LogP contribution in [0.1, 0.15) is 26.7 Å². The molecule has 1 aliphatic rings. The molecule has 1 saturated heterocycles. The molecule has 3 heteroatoms. The van der Waals surface area contributed by atoms with Crippen molar-refractivity contribution in [3.05, 3.63) is 0 Å². The molecular formula is C9H18N2O. The molecule has 12 heavy (non-hydrogen) atoms. The summed E-state index contributed by atoms with van der Waals surface area (Å²) >= 11 is 0. The van der Waals surface area contributed by atoms with Crippen LogP contribution in [0.5, 0.6) is 0 Å². The lowest BCUT2D eigenvalue weighted by Gasteiger charge is -2.24. The van der Waals surface area contributed by atoms with Crippen LogP contribution in [0.2, 0.25) is 0 Å². The molecule has 0 aromatic rings. The van der Waals surface area contributed by atoms with Crippen molar-refractivity contribution >= 4 is 5.91 Å². The topological polar surface area (TPSA) is 41.1 Å². The molecule has 1 rings (SSSR count).